The molecular weight excluding hydrogens is 307 g/mol. The van der Waals surface area contributed by atoms with E-state index < -0.39 is 0 Å². The third-order valence-corrected chi connectivity index (χ3v) is 4.91. The minimum absolute atomic E-state index is 0. The van der Waals surface area contributed by atoms with Gasteiger partial charge < -0.3 is 10.6 Å². The highest BCUT2D eigenvalue weighted by atomic mass is 35.5. The molecule has 0 aromatic heterocycles. The number of benzene rings is 1. The van der Waals surface area contributed by atoms with Crippen LogP contribution in [0, 0.1) is 0 Å². The molecule has 2 fully saturated rings. The van der Waals surface area contributed by atoms with Crippen molar-refractivity contribution in [2.75, 3.05) is 6.54 Å². The lowest BCUT2D eigenvalue weighted by Crippen LogP contribution is -2.53. The molecule has 2 N–H and O–H groups in total. The molecule has 0 radical (unpaired) electrons. The average Bonchev–Trinajstić information content (AvgIpc) is 3.24. The van der Waals surface area contributed by atoms with Crippen molar-refractivity contribution in [2.45, 2.75) is 50.1 Å². The third kappa shape index (κ3) is 3.36. The van der Waals surface area contributed by atoms with Crippen LogP contribution in [0.15, 0.2) is 24.3 Å². The van der Waals surface area contributed by atoms with Gasteiger partial charge in [-0.15, -0.1) is 12.4 Å². The summed E-state index contributed by atoms with van der Waals surface area (Å²) in [6, 6.07) is 8.31. The van der Waals surface area contributed by atoms with Gasteiger partial charge >= 0.3 is 0 Å². The van der Waals surface area contributed by atoms with E-state index in [-0.39, 0.29) is 29.8 Å². The fourth-order valence-electron chi connectivity index (χ4n) is 3.09. The number of piperidine rings is 1. The molecular formula is C16H22Cl2N2O. The molecule has 1 aliphatic carbocycles. The maximum absolute atomic E-state index is 12.7. The van der Waals surface area contributed by atoms with Gasteiger partial charge in [-0.25, -0.2) is 0 Å². The van der Waals surface area contributed by atoms with Crippen LogP contribution in [0.25, 0.3) is 0 Å². The minimum atomic E-state index is -0.304. The number of nitrogens with one attached hydrogen (secondary N) is 2. The summed E-state index contributed by atoms with van der Waals surface area (Å²) in [6.07, 6.45) is 4.07. The Morgan fingerprint density at radius 1 is 1.33 bits per heavy atom. The number of carbonyl (C=O) groups excluding carboxylic acids is 1. The zero-order valence-electron chi connectivity index (χ0n) is 12.2. The second kappa shape index (κ2) is 6.55. The molecule has 5 heteroatoms. The van der Waals surface area contributed by atoms with E-state index in [1.165, 1.54) is 0 Å². The molecule has 2 aliphatic rings. The van der Waals surface area contributed by atoms with Crippen molar-refractivity contribution < 1.29 is 4.79 Å². The highest BCUT2D eigenvalue weighted by molar-refractivity contribution is 6.30. The maximum Gasteiger partial charge on any atom is 0.230 e. The van der Waals surface area contributed by atoms with Gasteiger partial charge in [-0.05, 0) is 56.8 Å². The first kappa shape index (κ1) is 16.6. The van der Waals surface area contributed by atoms with Crippen LogP contribution in [0.3, 0.4) is 0 Å². The van der Waals surface area contributed by atoms with E-state index in [2.05, 4.69) is 17.6 Å². The third-order valence-electron chi connectivity index (χ3n) is 4.66. The number of hydrogen-bond donors (Lipinski definition) is 2. The molecule has 0 bridgehead atoms. The van der Waals surface area contributed by atoms with Crippen molar-refractivity contribution >= 4 is 29.9 Å². The van der Waals surface area contributed by atoms with E-state index in [0.717, 1.165) is 42.8 Å². The summed E-state index contributed by atoms with van der Waals surface area (Å²) in [6.45, 7) is 3.20. The first-order chi connectivity index (χ1) is 9.62. The normalized spacial score (nSPS) is 26.6. The molecule has 116 valence electrons. The summed E-state index contributed by atoms with van der Waals surface area (Å²) in [5.74, 6) is 0.181. The number of rotatable bonds is 3. The molecule has 2 unspecified atom stereocenters. The average molecular weight is 329 g/mol. The summed E-state index contributed by atoms with van der Waals surface area (Å²) in [7, 11) is 0. The molecule has 21 heavy (non-hydrogen) atoms. The van der Waals surface area contributed by atoms with E-state index in [1.807, 2.05) is 24.3 Å². The Bertz CT molecular complexity index is 500. The Balaban J connectivity index is 0.00000161. The standard InChI is InChI=1S/C16H21ClN2O.ClH/c1-11-14(3-2-10-18-11)19-15(20)16(8-9-16)12-4-6-13(17)7-5-12;/h4-7,11,14,18H,2-3,8-10H2,1H3,(H,19,20);1H. The quantitative estimate of drug-likeness (QED) is 0.895. The number of hydrogen-bond acceptors (Lipinski definition) is 2. The molecule has 1 aliphatic heterocycles. The number of carbonyl (C=O) groups is 1. The molecule has 1 saturated carbocycles. The van der Waals surface area contributed by atoms with E-state index in [9.17, 15) is 4.79 Å². The van der Waals surface area contributed by atoms with Crippen molar-refractivity contribution in [3.05, 3.63) is 34.9 Å². The van der Waals surface area contributed by atoms with Gasteiger partial charge in [-0.3, -0.25) is 4.79 Å². The van der Waals surface area contributed by atoms with Crippen LogP contribution in [-0.4, -0.2) is 24.5 Å². The van der Waals surface area contributed by atoms with Gasteiger partial charge in [0.1, 0.15) is 0 Å². The lowest BCUT2D eigenvalue weighted by molar-refractivity contribution is -0.124. The lowest BCUT2D eigenvalue weighted by Gasteiger charge is -2.32. The Labute approximate surface area is 137 Å². The molecule has 0 spiro atoms. The van der Waals surface area contributed by atoms with Crippen LogP contribution in [0.5, 0.6) is 0 Å². The van der Waals surface area contributed by atoms with Gasteiger partial charge in [0, 0.05) is 17.1 Å². The molecule has 2 atom stereocenters. The van der Waals surface area contributed by atoms with E-state index in [0.29, 0.717) is 6.04 Å². The molecule has 3 nitrogen and oxygen atoms in total. The van der Waals surface area contributed by atoms with E-state index in [4.69, 9.17) is 11.6 Å². The van der Waals surface area contributed by atoms with Crippen molar-refractivity contribution in [1.82, 2.24) is 10.6 Å². The highest BCUT2D eigenvalue weighted by Crippen LogP contribution is 2.48. The second-order valence-corrected chi connectivity index (χ2v) is 6.49. The zero-order valence-corrected chi connectivity index (χ0v) is 13.8. The highest BCUT2D eigenvalue weighted by Gasteiger charge is 2.51. The van der Waals surface area contributed by atoms with Gasteiger partial charge in [0.25, 0.3) is 0 Å². The molecule has 3 rings (SSSR count). The summed E-state index contributed by atoms with van der Waals surface area (Å²) in [5, 5.41) is 7.39. The van der Waals surface area contributed by atoms with Crippen LogP contribution in [0.4, 0.5) is 0 Å². The van der Waals surface area contributed by atoms with Crippen molar-refractivity contribution in [3.8, 4) is 0 Å². The van der Waals surface area contributed by atoms with Crippen molar-refractivity contribution in [3.63, 3.8) is 0 Å². The van der Waals surface area contributed by atoms with Crippen LogP contribution >= 0.6 is 24.0 Å². The van der Waals surface area contributed by atoms with Gasteiger partial charge in [0.05, 0.1) is 5.41 Å². The summed E-state index contributed by atoms with van der Waals surface area (Å²) < 4.78 is 0. The summed E-state index contributed by atoms with van der Waals surface area (Å²) >= 11 is 5.93. The largest absolute Gasteiger partial charge is 0.351 e. The van der Waals surface area contributed by atoms with E-state index in [1.54, 1.807) is 0 Å². The molecule has 1 aromatic rings. The molecule has 1 heterocycles. The Kier molecular flexibility index (Phi) is 5.18. The topological polar surface area (TPSA) is 41.1 Å². The van der Waals surface area contributed by atoms with Crippen LogP contribution < -0.4 is 10.6 Å². The second-order valence-electron chi connectivity index (χ2n) is 6.05. The van der Waals surface area contributed by atoms with Gasteiger partial charge in [-0.2, -0.15) is 0 Å². The first-order valence-corrected chi connectivity index (χ1v) is 7.80. The van der Waals surface area contributed by atoms with Gasteiger partial charge in [0.15, 0.2) is 0 Å². The summed E-state index contributed by atoms with van der Waals surface area (Å²) in [5.41, 5.74) is 0.790. The minimum Gasteiger partial charge on any atom is -0.351 e. The van der Waals surface area contributed by atoms with Crippen molar-refractivity contribution in [2.24, 2.45) is 0 Å². The zero-order chi connectivity index (χ0) is 14.2. The van der Waals surface area contributed by atoms with Crippen LogP contribution in [0.1, 0.15) is 38.2 Å². The van der Waals surface area contributed by atoms with Crippen LogP contribution in [-0.2, 0) is 10.2 Å². The lowest BCUT2D eigenvalue weighted by atomic mass is 9.93. The predicted octanol–water partition coefficient (Wildman–Crippen LogP) is 3.05. The van der Waals surface area contributed by atoms with Gasteiger partial charge in [0.2, 0.25) is 5.91 Å². The number of halogens is 2. The van der Waals surface area contributed by atoms with Crippen LogP contribution in [0.2, 0.25) is 5.02 Å². The van der Waals surface area contributed by atoms with Crippen molar-refractivity contribution in [1.29, 1.82) is 0 Å². The molecule has 1 aromatic carbocycles. The molecule has 1 saturated heterocycles. The maximum atomic E-state index is 12.7. The monoisotopic (exact) mass is 328 g/mol. The Hall–Kier alpha value is -0.770. The Morgan fingerprint density at radius 3 is 2.57 bits per heavy atom. The fourth-order valence-corrected chi connectivity index (χ4v) is 3.21. The summed E-state index contributed by atoms with van der Waals surface area (Å²) in [4.78, 5) is 12.7. The molecule has 1 amide bonds. The van der Waals surface area contributed by atoms with E-state index >= 15 is 0 Å². The fraction of sp³-hybridized carbons (Fsp3) is 0.562. The predicted molar refractivity (Wildman–Crippen MR) is 88.2 cm³/mol. The SMILES string of the molecule is CC1NCCCC1NC(=O)C1(c2ccc(Cl)cc2)CC1.Cl. The Morgan fingerprint density at radius 2 is 2.00 bits per heavy atom. The smallest absolute Gasteiger partial charge is 0.230 e. The van der Waals surface area contributed by atoms with Gasteiger partial charge in [-0.1, -0.05) is 23.7 Å². The first-order valence-electron chi connectivity index (χ1n) is 7.42. The number of amides is 1.